The summed E-state index contributed by atoms with van der Waals surface area (Å²) in [4.78, 5) is 0. The second-order valence-corrected chi connectivity index (χ2v) is 5.76. The van der Waals surface area contributed by atoms with E-state index in [1.807, 2.05) is 18.7 Å². The third-order valence-corrected chi connectivity index (χ3v) is 4.56. The van der Waals surface area contributed by atoms with E-state index in [2.05, 4.69) is 31.3 Å². The van der Waals surface area contributed by atoms with Gasteiger partial charge >= 0.3 is 0 Å². The summed E-state index contributed by atoms with van der Waals surface area (Å²) >= 11 is 6.36. The Kier molecular flexibility index (Phi) is 6.87. The molecule has 0 spiro atoms. The Morgan fingerprint density at radius 1 is 1.37 bits per heavy atom. The molecule has 0 amide bonds. The maximum atomic E-state index is 6.36. The summed E-state index contributed by atoms with van der Waals surface area (Å²) in [6, 6.07) is 0.476. The lowest BCUT2D eigenvalue weighted by atomic mass is 9.88. The summed E-state index contributed by atoms with van der Waals surface area (Å²) in [5.41, 5.74) is 2.07. The lowest BCUT2D eigenvalue weighted by Crippen LogP contribution is -2.36. The van der Waals surface area contributed by atoms with Gasteiger partial charge in [-0.1, -0.05) is 44.7 Å². The average molecular weight is 286 g/mol. The van der Waals surface area contributed by atoms with Gasteiger partial charge in [-0.25, -0.2) is 0 Å². The van der Waals surface area contributed by atoms with E-state index in [9.17, 15) is 0 Å². The quantitative estimate of drug-likeness (QED) is 0.789. The van der Waals surface area contributed by atoms with Gasteiger partial charge in [-0.15, -0.1) is 0 Å². The van der Waals surface area contributed by atoms with Crippen LogP contribution in [0, 0.1) is 12.8 Å². The van der Waals surface area contributed by atoms with Gasteiger partial charge in [0.15, 0.2) is 0 Å². The maximum Gasteiger partial charge on any atom is 0.0847 e. The minimum absolute atomic E-state index is 0.476. The van der Waals surface area contributed by atoms with Crippen LogP contribution in [0.4, 0.5) is 0 Å². The average Bonchev–Trinajstić information content (AvgIpc) is 2.64. The number of aryl methyl sites for hydroxylation is 2. The Hall–Kier alpha value is -0.540. The molecular weight excluding hydrogens is 258 g/mol. The molecule has 0 aliphatic heterocycles. The van der Waals surface area contributed by atoms with Crippen LogP contribution in [0.5, 0.6) is 0 Å². The molecule has 0 aromatic carbocycles. The van der Waals surface area contributed by atoms with E-state index in [1.165, 1.54) is 25.7 Å². The van der Waals surface area contributed by atoms with Crippen LogP contribution in [-0.4, -0.2) is 22.9 Å². The summed E-state index contributed by atoms with van der Waals surface area (Å²) < 4.78 is 1.93. The molecule has 1 N–H and O–H groups in total. The van der Waals surface area contributed by atoms with E-state index in [1.54, 1.807) is 0 Å². The smallest absolute Gasteiger partial charge is 0.0847 e. The monoisotopic (exact) mass is 285 g/mol. The SMILES string of the molecule is CCCCC(CC)C(Cc1c(Cl)c(C)nn1C)NC. The third kappa shape index (κ3) is 4.22. The van der Waals surface area contributed by atoms with Gasteiger partial charge in [-0.05, 0) is 26.3 Å². The van der Waals surface area contributed by atoms with Gasteiger partial charge < -0.3 is 5.32 Å². The number of nitrogens with one attached hydrogen (secondary N) is 1. The van der Waals surface area contributed by atoms with Crippen LogP contribution < -0.4 is 5.32 Å². The van der Waals surface area contributed by atoms with Crippen molar-refractivity contribution in [2.24, 2.45) is 13.0 Å². The molecule has 3 nitrogen and oxygen atoms in total. The zero-order valence-electron chi connectivity index (χ0n) is 13.0. The van der Waals surface area contributed by atoms with E-state index in [0.29, 0.717) is 12.0 Å². The summed E-state index contributed by atoms with van der Waals surface area (Å²) in [5, 5.41) is 8.70. The molecule has 4 heteroatoms. The molecule has 0 bridgehead atoms. The van der Waals surface area contributed by atoms with Crippen molar-refractivity contribution in [1.82, 2.24) is 15.1 Å². The second kappa shape index (κ2) is 7.91. The predicted octanol–water partition coefficient (Wildman–Crippen LogP) is 3.73. The topological polar surface area (TPSA) is 29.9 Å². The number of hydrogen-bond acceptors (Lipinski definition) is 2. The van der Waals surface area contributed by atoms with Gasteiger partial charge in [0.05, 0.1) is 16.4 Å². The fourth-order valence-electron chi connectivity index (χ4n) is 2.77. The number of nitrogens with zero attached hydrogens (tertiary/aromatic N) is 2. The molecule has 0 aliphatic rings. The molecule has 0 saturated carbocycles. The molecule has 1 aromatic heterocycles. The van der Waals surface area contributed by atoms with E-state index in [4.69, 9.17) is 11.6 Å². The van der Waals surface area contributed by atoms with Gasteiger partial charge in [-0.2, -0.15) is 5.10 Å². The lowest BCUT2D eigenvalue weighted by Gasteiger charge is -2.26. The highest BCUT2D eigenvalue weighted by Gasteiger charge is 2.22. The number of likely N-dealkylation sites (N-methyl/N-ethyl adjacent to an activating group) is 1. The van der Waals surface area contributed by atoms with Gasteiger partial charge in [0, 0.05) is 19.5 Å². The number of aromatic nitrogens is 2. The van der Waals surface area contributed by atoms with Crippen LogP contribution in [-0.2, 0) is 13.5 Å². The highest BCUT2D eigenvalue weighted by atomic mass is 35.5. The minimum atomic E-state index is 0.476. The fraction of sp³-hybridized carbons (Fsp3) is 0.800. The predicted molar refractivity (Wildman–Crippen MR) is 82.8 cm³/mol. The first-order valence-corrected chi connectivity index (χ1v) is 7.78. The Bertz CT molecular complexity index is 387. The Balaban J connectivity index is 2.79. The second-order valence-electron chi connectivity index (χ2n) is 5.38. The molecule has 0 aliphatic carbocycles. The Morgan fingerprint density at radius 3 is 2.47 bits per heavy atom. The van der Waals surface area contributed by atoms with Crippen LogP contribution in [0.1, 0.15) is 50.9 Å². The van der Waals surface area contributed by atoms with Gasteiger partial charge in [0.1, 0.15) is 0 Å². The van der Waals surface area contributed by atoms with Gasteiger partial charge in [0.25, 0.3) is 0 Å². The summed E-state index contributed by atoms with van der Waals surface area (Å²) in [7, 11) is 4.03. The number of hydrogen-bond donors (Lipinski definition) is 1. The van der Waals surface area contributed by atoms with E-state index in [0.717, 1.165) is 22.8 Å². The van der Waals surface area contributed by atoms with Crippen molar-refractivity contribution in [3.8, 4) is 0 Å². The van der Waals surface area contributed by atoms with Crippen molar-refractivity contribution in [2.75, 3.05) is 7.05 Å². The third-order valence-electron chi connectivity index (χ3n) is 4.07. The van der Waals surface area contributed by atoms with E-state index in [-0.39, 0.29) is 0 Å². The molecule has 1 rings (SSSR count). The first kappa shape index (κ1) is 16.5. The van der Waals surface area contributed by atoms with Crippen LogP contribution >= 0.6 is 11.6 Å². The van der Waals surface area contributed by atoms with E-state index >= 15 is 0 Å². The first-order chi connectivity index (χ1) is 9.04. The van der Waals surface area contributed by atoms with Gasteiger partial charge in [-0.3, -0.25) is 4.68 Å². The zero-order chi connectivity index (χ0) is 14.4. The van der Waals surface area contributed by atoms with E-state index < -0.39 is 0 Å². The fourth-order valence-corrected chi connectivity index (χ4v) is 3.01. The first-order valence-electron chi connectivity index (χ1n) is 7.40. The molecule has 0 radical (unpaired) electrons. The molecular formula is C15H28ClN3. The molecule has 2 atom stereocenters. The number of unbranched alkanes of at least 4 members (excludes halogenated alkanes) is 1. The van der Waals surface area contributed by atoms with Crippen LogP contribution in [0.25, 0.3) is 0 Å². The minimum Gasteiger partial charge on any atom is -0.316 e. The molecule has 1 heterocycles. The largest absolute Gasteiger partial charge is 0.316 e. The molecule has 19 heavy (non-hydrogen) atoms. The molecule has 1 aromatic rings. The standard InChI is InChI=1S/C15H28ClN3/c1-6-8-9-12(7-2)13(17-4)10-14-15(16)11(3)18-19(14)5/h12-13,17H,6-10H2,1-5H3. The van der Waals surface area contributed by atoms with Crippen molar-refractivity contribution < 1.29 is 0 Å². The highest BCUT2D eigenvalue weighted by molar-refractivity contribution is 6.31. The normalized spacial score (nSPS) is 14.6. The number of rotatable bonds is 8. The maximum absolute atomic E-state index is 6.36. The summed E-state index contributed by atoms with van der Waals surface area (Å²) in [6.07, 6.45) is 6.01. The molecule has 110 valence electrons. The van der Waals surface area contributed by atoms with Crippen molar-refractivity contribution in [1.29, 1.82) is 0 Å². The highest BCUT2D eigenvalue weighted by Crippen LogP contribution is 2.25. The van der Waals surface area contributed by atoms with Crippen molar-refractivity contribution in [3.05, 3.63) is 16.4 Å². The lowest BCUT2D eigenvalue weighted by molar-refractivity contribution is 0.326. The van der Waals surface area contributed by atoms with Gasteiger partial charge in [0.2, 0.25) is 0 Å². The summed E-state index contributed by atoms with van der Waals surface area (Å²) in [6.45, 7) is 6.50. The van der Waals surface area contributed by atoms with Crippen molar-refractivity contribution in [2.45, 2.75) is 58.9 Å². The molecule has 0 saturated heterocycles. The van der Waals surface area contributed by atoms with Crippen LogP contribution in [0.15, 0.2) is 0 Å². The number of halogens is 1. The Labute approximate surface area is 122 Å². The molecule has 2 unspecified atom stereocenters. The summed E-state index contributed by atoms with van der Waals surface area (Å²) in [5.74, 6) is 0.705. The van der Waals surface area contributed by atoms with Crippen LogP contribution in [0.3, 0.4) is 0 Å². The van der Waals surface area contributed by atoms with Crippen LogP contribution in [0.2, 0.25) is 5.02 Å². The van der Waals surface area contributed by atoms with Crippen molar-refractivity contribution >= 4 is 11.6 Å². The Morgan fingerprint density at radius 2 is 2.05 bits per heavy atom. The zero-order valence-corrected chi connectivity index (χ0v) is 13.7. The molecule has 0 fully saturated rings. The van der Waals surface area contributed by atoms with Crippen molar-refractivity contribution in [3.63, 3.8) is 0 Å².